The first-order valence-electron chi connectivity index (χ1n) is 7.37. The molecule has 2 heterocycles. The van der Waals surface area contributed by atoms with E-state index in [0.29, 0.717) is 0 Å². The first kappa shape index (κ1) is 15.0. The summed E-state index contributed by atoms with van der Waals surface area (Å²) in [7, 11) is 0. The van der Waals surface area contributed by atoms with Gasteiger partial charge in [-0.25, -0.2) is 0 Å². The molecule has 1 unspecified atom stereocenters. The van der Waals surface area contributed by atoms with Crippen LogP contribution in [0.2, 0.25) is 0 Å². The van der Waals surface area contributed by atoms with E-state index in [1.807, 2.05) is 18.3 Å². The van der Waals surface area contributed by atoms with E-state index in [2.05, 4.69) is 27.7 Å². The average molecular weight is 282 g/mol. The van der Waals surface area contributed by atoms with E-state index in [0.717, 1.165) is 45.1 Å². The van der Waals surface area contributed by atoms with Crippen LogP contribution >= 0.6 is 11.3 Å². The lowest BCUT2D eigenvalue weighted by Crippen LogP contribution is -2.40. The zero-order valence-electron chi connectivity index (χ0n) is 11.8. The molecule has 108 valence electrons. The number of hydrogen-bond acceptors (Lipinski definition) is 4. The van der Waals surface area contributed by atoms with Gasteiger partial charge >= 0.3 is 0 Å². The van der Waals surface area contributed by atoms with Crippen molar-refractivity contribution >= 4 is 11.3 Å². The van der Waals surface area contributed by atoms with E-state index in [1.54, 1.807) is 0 Å². The highest BCUT2D eigenvalue weighted by atomic mass is 32.1. The van der Waals surface area contributed by atoms with Gasteiger partial charge in [0.25, 0.3) is 0 Å². The summed E-state index contributed by atoms with van der Waals surface area (Å²) in [5.74, 6) is 0.814. The zero-order chi connectivity index (χ0) is 13.5. The first-order chi connectivity index (χ1) is 9.24. The predicted molar refractivity (Wildman–Crippen MR) is 81.7 cm³/mol. The standard InChI is InChI=1S/C15H26N2OS/c1-13(18)12-17-8-5-14(6-9-17)11-16-7-4-15-3-2-10-19-15/h2-3,10,13-14,16,18H,4-9,11-12H2,1H3. The number of β-amino-alcohol motifs (C(OH)–C–C–N with tert-alkyl or cyclic N) is 1. The van der Waals surface area contributed by atoms with Gasteiger partial charge < -0.3 is 15.3 Å². The minimum absolute atomic E-state index is 0.194. The Morgan fingerprint density at radius 1 is 1.47 bits per heavy atom. The van der Waals surface area contributed by atoms with Crippen LogP contribution in [0.1, 0.15) is 24.6 Å². The molecule has 0 bridgehead atoms. The molecule has 0 aromatic carbocycles. The minimum Gasteiger partial charge on any atom is -0.392 e. The summed E-state index contributed by atoms with van der Waals surface area (Å²) < 4.78 is 0. The van der Waals surface area contributed by atoms with Gasteiger partial charge in [0.15, 0.2) is 0 Å². The molecule has 1 fully saturated rings. The largest absolute Gasteiger partial charge is 0.392 e. The molecule has 19 heavy (non-hydrogen) atoms. The number of aliphatic hydroxyl groups excluding tert-OH is 1. The van der Waals surface area contributed by atoms with Crippen LogP contribution in [0.4, 0.5) is 0 Å². The molecule has 1 aliphatic heterocycles. The van der Waals surface area contributed by atoms with Crippen molar-refractivity contribution in [2.45, 2.75) is 32.3 Å². The molecule has 2 N–H and O–H groups in total. The highest BCUT2D eigenvalue weighted by molar-refractivity contribution is 7.09. The van der Waals surface area contributed by atoms with Crippen molar-refractivity contribution in [1.29, 1.82) is 0 Å². The molecular weight excluding hydrogens is 256 g/mol. The zero-order valence-corrected chi connectivity index (χ0v) is 12.7. The lowest BCUT2D eigenvalue weighted by Gasteiger charge is -2.32. The highest BCUT2D eigenvalue weighted by Crippen LogP contribution is 2.16. The van der Waals surface area contributed by atoms with Gasteiger partial charge in [-0.15, -0.1) is 11.3 Å². The van der Waals surface area contributed by atoms with Gasteiger partial charge in [0.1, 0.15) is 0 Å². The van der Waals surface area contributed by atoms with Crippen LogP contribution < -0.4 is 5.32 Å². The van der Waals surface area contributed by atoms with E-state index >= 15 is 0 Å². The van der Waals surface area contributed by atoms with Crippen molar-refractivity contribution in [3.63, 3.8) is 0 Å². The van der Waals surface area contributed by atoms with Gasteiger partial charge in [-0.2, -0.15) is 0 Å². The number of nitrogens with one attached hydrogen (secondary N) is 1. The molecule has 0 aliphatic carbocycles. The van der Waals surface area contributed by atoms with Crippen LogP contribution in [-0.2, 0) is 6.42 Å². The predicted octanol–water partition coefficient (Wildman–Crippen LogP) is 1.97. The summed E-state index contributed by atoms with van der Waals surface area (Å²) in [6.07, 6.45) is 3.48. The SMILES string of the molecule is CC(O)CN1CCC(CNCCc2cccs2)CC1. The van der Waals surface area contributed by atoms with Crippen molar-refractivity contribution < 1.29 is 5.11 Å². The van der Waals surface area contributed by atoms with Crippen LogP contribution in [0.25, 0.3) is 0 Å². The molecule has 1 aromatic rings. The molecule has 1 atom stereocenters. The second-order valence-corrected chi connectivity index (χ2v) is 6.66. The first-order valence-corrected chi connectivity index (χ1v) is 8.25. The Kier molecular flexibility index (Phi) is 6.31. The minimum atomic E-state index is -0.194. The molecule has 3 nitrogen and oxygen atoms in total. The number of likely N-dealkylation sites (tertiary alicyclic amines) is 1. The Hall–Kier alpha value is -0.420. The molecule has 1 saturated heterocycles. The Bertz CT molecular complexity index is 332. The van der Waals surface area contributed by atoms with E-state index in [4.69, 9.17) is 0 Å². The van der Waals surface area contributed by atoms with Crippen LogP contribution in [0.5, 0.6) is 0 Å². The van der Waals surface area contributed by atoms with Crippen molar-refractivity contribution in [3.8, 4) is 0 Å². The highest BCUT2D eigenvalue weighted by Gasteiger charge is 2.19. The third-order valence-electron chi connectivity index (χ3n) is 3.79. The van der Waals surface area contributed by atoms with Gasteiger partial charge in [0.05, 0.1) is 6.10 Å². The summed E-state index contributed by atoms with van der Waals surface area (Å²) in [6, 6.07) is 4.33. The van der Waals surface area contributed by atoms with Gasteiger partial charge in [0, 0.05) is 11.4 Å². The molecule has 1 aliphatic rings. The van der Waals surface area contributed by atoms with Crippen LogP contribution in [0, 0.1) is 5.92 Å². The fraction of sp³-hybridized carbons (Fsp3) is 0.733. The monoisotopic (exact) mass is 282 g/mol. The Morgan fingerprint density at radius 2 is 2.26 bits per heavy atom. The summed E-state index contributed by atoms with van der Waals surface area (Å²) in [6.45, 7) is 7.23. The number of hydrogen-bond donors (Lipinski definition) is 2. The summed E-state index contributed by atoms with van der Waals surface area (Å²) >= 11 is 1.84. The summed E-state index contributed by atoms with van der Waals surface area (Å²) in [5, 5.41) is 15.1. The normalized spacial score (nSPS) is 19.7. The van der Waals surface area contributed by atoms with Crippen LogP contribution in [-0.4, -0.2) is 48.8 Å². The number of nitrogens with zero attached hydrogens (tertiary/aromatic N) is 1. The Labute approximate surface area is 120 Å². The quantitative estimate of drug-likeness (QED) is 0.751. The van der Waals surface area contributed by atoms with Gasteiger partial charge in [0.2, 0.25) is 0 Å². The fourth-order valence-electron chi connectivity index (χ4n) is 2.72. The Morgan fingerprint density at radius 3 is 2.89 bits per heavy atom. The van der Waals surface area contributed by atoms with E-state index in [9.17, 15) is 5.11 Å². The molecule has 0 saturated carbocycles. The van der Waals surface area contributed by atoms with Gasteiger partial charge in [-0.1, -0.05) is 6.07 Å². The van der Waals surface area contributed by atoms with Gasteiger partial charge in [-0.3, -0.25) is 0 Å². The number of rotatable bonds is 7. The lowest BCUT2D eigenvalue weighted by atomic mass is 9.96. The second kappa shape index (κ2) is 8.00. The smallest absolute Gasteiger partial charge is 0.0639 e. The maximum Gasteiger partial charge on any atom is 0.0639 e. The molecule has 0 radical (unpaired) electrons. The molecule has 0 spiro atoms. The molecule has 0 amide bonds. The maximum absolute atomic E-state index is 9.38. The number of thiophene rings is 1. The number of aliphatic hydroxyl groups is 1. The topological polar surface area (TPSA) is 35.5 Å². The van der Waals surface area contributed by atoms with Gasteiger partial charge in [-0.05, 0) is 69.7 Å². The lowest BCUT2D eigenvalue weighted by molar-refractivity contribution is 0.0999. The Balaban J connectivity index is 1.53. The third-order valence-corrected chi connectivity index (χ3v) is 4.73. The van der Waals surface area contributed by atoms with E-state index < -0.39 is 0 Å². The van der Waals surface area contributed by atoms with E-state index in [-0.39, 0.29) is 6.10 Å². The third kappa shape index (κ3) is 5.61. The van der Waals surface area contributed by atoms with Crippen molar-refractivity contribution in [2.24, 2.45) is 5.92 Å². The van der Waals surface area contributed by atoms with Crippen LogP contribution in [0.15, 0.2) is 17.5 Å². The van der Waals surface area contributed by atoms with Crippen LogP contribution in [0.3, 0.4) is 0 Å². The number of piperidine rings is 1. The molecule has 4 heteroatoms. The molecular formula is C15H26N2OS. The second-order valence-electron chi connectivity index (χ2n) is 5.63. The van der Waals surface area contributed by atoms with Crippen molar-refractivity contribution in [1.82, 2.24) is 10.2 Å². The summed E-state index contributed by atoms with van der Waals surface area (Å²) in [5.41, 5.74) is 0. The fourth-order valence-corrected chi connectivity index (χ4v) is 3.43. The molecule has 1 aromatic heterocycles. The molecule has 2 rings (SSSR count). The summed E-state index contributed by atoms with van der Waals surface area (Å²) in [4.78, 5) is 3.85. The van der Waals surface area contributed by atoms with Crippen molar-refractivity contribution in [3.05, 3.63) is 22.4 Å². The van der Waals surface area contributed by atoms with E-state index in [1.165, 1.54) is 17.7 Å². The average Bonchev–Trinajstić information content (AvgIpc) is 2.89. The van der Waals surface area contributed by atoms with Crippen molar-refractivity contribution in [2.75, 3.05) is 32.7 Å². The maximum atomic E-state index is 9.38.